The van der Waals surface area contributed by atoms with Crippen molar-refractivity contribution < 1.29 is 0 Å². The van der Waals surface area contributed by atoms with Gasteiger partial charge in [-0.2, -0.15) is 0 Å². The van der Waals surface area contributed by atoms with Gasteiger partial charge in [0, 0.05) is 47.5 Å². The molecule has 262 valence electrons. The summed E-state index contributed by atoms with van der Waals surface area (Å²) in [5.41, 5.74) is 10.3. The Morgan fingerprint density at radius 1 is 0.596 bits per heavy atom. The Morgan fingerprint density at radius 2 is 1.08 bits per heavy atom. The Balaban J connectivity index is 1.42. The summed E-state index contributed by atoms with van der Waals surface area (Å²) >= 11 is 0. The zero-order valence-corrected chi connectivity index (χ0v) is 31.2. The fraction of sp³-hybridized carbons (Fsp3) is 0.261. The molecule has 52 heavy (non-hydrogen) atoms. The zero-order chi connectivity index (χ0) is 36.2. The third-order valence-corrected chi connectivity index (χ3v) is 10.6. The van der Waals surface area contributed by atoms with Crippen molar-refractivity contribution in [3.8, 4) is 0 Å². The molecule has 0 saturated heterocycles. The van der Waals surface area contributed by atoms with Gasteiger partial charge in [-0.3, -0.25) is 9.80 Å². The molecule has 6 heteroatoms. The van der Waals surface area contributed by atoms with Crippen LogP contribution in [0.25, 0.3) is 0 Å². The van der Waals surface area contributed by atoms with E-state index in [1.54, 1.807) is 0 Å². The van der Waals surface area contributed by atoms with Crippen LogP contribution in [0.5, 0.6) is 0 Å². The lowest BCUT2D eigenvalue weighted by molar-refractivity contribution is 0.574. The molecule has 2 aliphatic carbocycles. The maximum Gasteiger partial charge on any atom is 0.138 e. The summed E-state index contributed by atoms with van der Waals surface area (Å²) in [6.07, 6.45) is 15.0. The van der Waals surface area contributed by atoms with Crippen molar-refractivity contribution in [2.75, 3.05) is 9.80 Å². The van der Waals surface area contributed by atoms with Gasteiger partial charge in [0.1, 0.15) is 23.3 Å². The minimum absolute atomic E-state index is 0.125. The van der Waals surface area contributed by atoms with Crippen LogP contribution in [-0.2, 0) is 5.41 Å². The molecule has 0 aliphatic heterocycles. The van der Waals surface area contributed by atoms with Gasteiger partial charge >= 0.3 is 0 Å². The molecule has 0 radical (unpaired) electrons. The summed E-state index contributed by atoms with van der Waals surface area (Å²) < 4.78 is 0. The molecule has 0 N–H and O–H groups in total. The van der Waals surface area contributed by atoms with E-state index in [1.807, 2.05) is 61.2 Å². The molecule has 0 spiro atoms. The first-order chi connectivity index (χ1) is 25.2. The number of rotatable bonds is 10. The Bertz CT molecular complexity index is 2050. The molecule has 1 unspecified atom stereocenters. The van der Waals surface area contributed by atoms with Crippen LogP contribution in [0, 0.1) is 5.92 Å². The highest BCUT2D eigenvalue weighted by molar-refractivity contribution is 5.67. The molecule has 1 aromatic carbocycles. The van der Waals surface area contributed by atoms with Crippen molar-refractivity contribution in [2.24, 2.45) is 5.92 Å². The molecule has 0 amide bonds. The van der Waals surface area contributed by atoms with Crippen molar-refractivity contribution in [3.05, 3.63) is 179 Å². The quantitative estimate of drug-likeness (QED) is 0.146. The van der Waals surface area contributed by atoms with Gasteiger partial charge < -0.3 is 0 Å². The third kappa shape index (κ3) is 6.85. The van der Waals surface area contributed by atoms with E-state index in [0.717, 1.165) is 42.5 Å². The van der Waals surface area contributed by atoms with Crippen molar-refractivity contribution >= 4 is 23.3 Å². The fourth-order valence-corrected chi connectivity index (χ4v) is 7.95. The lowest BCUT2D eigenvalue weighted by Gasteiger charge is -2.40. The van der Waals surface area contributed by atoms with Crippen LogP contribution in [-0.4, -0.2) is 19.9 Å². The van der Waals surface area contributed by atoms with E-state index in [4.69, 9.17) is 19.9 Å². The van der Waals surface area contributed by atoms with Crippen LogP contribution in [0.4, 0.5) is 23.3 Å². The number of hydrogen-bond donors (Lipinski definition) is 0. The molecule has 0 saturated carbocycles. The van der Waals surface area contributed by atoms with Gasteiger partial charge in [-0.05, 0) is 122 Å². The maximum atomic E-state index is 4.87. The van der Waals surface area contributed by atoms with Gasteiger partial charge in [-0.15, -0.1) is 0 Å². The third-order valence-electron chi connectivity index (χ3n) is 10.6. The van der Waals surface area contributed by atoms with Gasteiger partial charge in [0.05, 0.1) is 0 Å². The van der Waals surface area contributed by atoms with Gasteiger partial charge in [-0.25, -0.2) is 19.9 Å². The molecule has 5 aromatic rings. The summed E-state index contributed by atoms with van der Waals surface area (Å²) in [6, 6.07) is 33.3. The van der Waals surface area contributed by atoms with E-state index < -0.39 is 0 Å². The number of anilines is 4. The summed E-state index contributed by atoms with van der Waals surface area (Å²) in [7, 11) is 0. The monoisotopic (exact) mass is 684 g/mol. The van der Waals surface area contributed by atoms with Gasteiger partial charge in [-0.1, -0.05) is 87.4 Å². The normalized spacial score (nSPS) is 16.5. The van der Waals surface area contributed by atoms with Crippen LogP contribution in [0.1, 0.15) is 77.8 Å². The van der Waals surface area contributed by atoms with Crippen LogP contribution in [0.15, 0.2) is 168 Å². The first kappa shape index (κ1) is 34.8. The van der Waals surface area contributed by atoms with Gasteiger partial charge in [0.15, 0.2) is 0 Å². The van der Waals surface area contributed by atoms with Crippen LogP contribution in [0.3, 0.4) is 0 Å². The molecular weight excluding hydrogens is 637 g/mol. The van der Waals surface area contributed by atoms with E-state index in [0.29, 0.717) is 5.92 Å². The molecule has 4 heterocycles. The standard InChI is InChI=1S/C46H48N6/c1-32(2)37-17-7-8-18-40(37)46(5,6)41-31-36(52(44-21-11-15-27-49-44)45-22-12-16-28-50-45)30-39(34(41)4)38-29-35(24-23-33(38)3)51(42-19-9-13-25-47-42)43-20-10-14-26-48-43/h7-22,25-29,31-32,39H,23-24,30H2,1-6H3. The Morgan fingerprint density at radius 3 is 1.56 bits per heavy atom. The van der Waals surface area contributed by atoms with Gasteiger partial charge in [0.25, 0.3) is 0 Å². The van der Waals surface area contributed by atoms with Crippen molar-refractivity contribution in [3.63, 3.8) is 0 Å². The molecule has 7 rings (SSSR count). The van der Waals surface area contributed by atoms with E-state index in [-0.39, 0.29) is 11.3 Å². The molecule has 6 nitrogen and oxygen atoms in total. The topological polar surface area (TPSA) is 58.0 Å². The second-order valence-corrected chi connectivity index (χ2v) is 14.6. The SMILES string of the molecule is CC1=C(C2CC(N(c3ccccn3)c3ccccn3)=CC(C(C)(C)c3ccccc3C(C)C)=C2C)C=C(N(c2ccccn2)c2ccccn2)CC1. The highest BCUT2D eigenvalue weighted by atomic mass is 15.3. The highest BCUT2D eigenvalue weighted by Crippen LogP contribution is 2.49. The van der Waals surface area contributed by atoms with Crippen molar-refractivity contribution in [1.29, 1.82) is 0 Å². The minimum Gasteiger partial charge on any atom is -0.283 e. The second kappa shape index (κ2) is 14.9. The molecule has 2 aliphatic rings. The zero-order valence-electron chi connectivity index (χ0n) is 31.2. The first-order valence-corrected chi connectivity index (χ1v) is 18.4. The predicted molar refractivity (Wildman–Crippen MR) is 214 cm³/mol. The number of benzene rings is 1. The van der Waals surface area contributed by atoms with Crippen LogP contribution < -0.4 is 9.80 Å². The maximum absolute atomic E-state index is 4.87. The Hall–Kier alpha value is -5.62. The minimum atomic E-state index is -0.279. The summed E-state index contributed by atoms with van der Waals surface area (Å²) in [4.78, 5) is 23.8. The van der Waals surface area contributed by atoms with Gasteiger partial charge in [0.2, 0.25) is 0 Å². The average Bonchev–Trinajstić information content (AvgIpc) is 3.18. The van der Waals surface area contributed by atoms with Crippen LogP contribution >= 0.6 is 0 Å². The number of hydrogen-bond acceptors (Lipinski definition) is 6. The van der Waals surface area contributed by atoms with E-state index in [1.165, 1.54) is 44.8 Å². The lowest BCUT2D eigenvalue weighted by atomic mass is 9.67. The summed E-state index contributed by atoms with van der Waals surface area (Å²) in [5, 5.41) is 0. The first-order valence-electron chi connectivity index (χ1n) is 18.4. The Labute approximate surface area is 309 Å². The van der Waals surface area contributed by atoms with E-state index >= 15 is 0 Å². The summed E-state index contributed by atoms with van der Waals surface area (Å²) in [5.74, 6) is 3.97. The Kier molecular flexibility index (Phi) is 9.99. The number of aromatic nitrogens is 4. The number of allylic oxidation sites excluding steroid dienone is 8. The largest absolute Gasteiger partial charge is 0.283 e. The predicted octanol–water partition coefficient (Wildman–Crippen LogP) is 11.6. The molecule has 4 aromatic heterocycles. The second-order valence-electron chi connectivity index (χ2n) is 14.6. The van der Waals surface area contributed by atoms with E-state index in [2.05, 4.69) is 124 Å². The molecule has 0 fully saturated rings. The number of nitrogens with zero attached hydrogens (tertiary/aromatic N) is 6. The molecule has 0 bridgehead atoms. The van der Waals surface area contributed by atoms with Crippen LogP contribution in [0.2, 0.25) is 0 Å². The van der Waals surface area contributed by atoms with Crippen molar-refractivity contribution in [2.45, 2.75) is 72.1 Å². The number of pyridine rings is 4. The lowest BCUT2D eigenvalue weighted by Crippen LogP contribution is -2.31. The van der Waals surface area contributed by atoms with Crippen molar-refractivity contribution in [1.82, 2.24) is 19.9 Å². The van der Waals surface area contributed by atoms with E-state index in [9.17, 15) is 0 Å². The highest BCUT2D eigenvalue weighted by Gasteiger charge is 2.37. The molecular formula is C46H48N6. The smallest absolute Gasteiger partial charge is 0.138 e. The summed E-state index contributed by atoms with van der Waals surface area (Å²) in [6.45, 7) is 14.0. The fourth-order valence-electron chi connectivity index (χ4n) is 7.95. The molecule has 1 atom stereocenters. The average molecular weight is 685 g/mol.